The number of likely N-dealkylation sites (tertiary alicyclic amines) is 1. The molecule has 1 heterocycles. The molecule has 5 rings (SSSR count). The van der Waals surface area contributed by atoms with Crippen molar-refractivity contribution in [3.8, 4) is 0 Å². The van der Waals surface area contributed by atoms with Crippen molar-refractivity contribution < 1.29 is 9.59 Å². The number of carbonyl (C=O) groups is 2. The third-order valence-electron chi connectivity index (χ3n) is 6.74. The van der Waals surface area contributed by atoms with Crippen molar-refractivity contribution >= 4 is 11.7 Å². The first-order chi connectivity index (χ1) is 9.56. The molecule has 4 bridgehead atoms. The van der Waals surface area contributed by atoms with Crippen molar-refractivity contribution in [2.45, 2.75) is 64.3 Å². The summed E-state index contributed by atoms with van der Waals surface area (Å²) in [5.41, 5.74) is 0.380. The monoisotopic (exact) mass is 275 g/mol. The minimum absolute atomic E-state index is 0.0875. The van der Waals surface area contributed by atoms with Gasteiger partial charge in [-0.1, -0.05) is 0 Å². The number of rotatable bonds is 2. The molecule has 1 atom stereocenters. The Labute approximate surface area is 121 Å². The van der Waals surface area contributed by atoms with Crippen molar-refractivity contribution in [3.63, 3.8) is 0 Å². The summed E-state index contributed by atoms with van der Waals surface area (Å²) in [6.07, 6.45) is 9.04. The Balaban J connectivity index is 1.57. The van der Waals surface area contributed by atoms with E-state index in [-0.39, 0.29) is 18.1 Å². The lowest BCUT2D eigenvalue weighted by Crippen LogP contribution is -2.58. The van der Waals surface area contributed by atoms with E-state index in [1.54, 1.807) is 0 Å². The number of ketones is 1. The molecule has 3 nitrogen and oxygen atoms in total. The summed E-state index contributed by atoms with van der Waals surface area (Å²) in [6.45, 7) is 2.93. The van der Waals surface area contributed by atoms with Crippen molar-refractivity contribution in [2.24, 2.45) is 23.2 Å². The van der Waals surface area contributed by atoms with Gasteiger partial charge in [-0.2, -0.15) is 0 Å². The quantitative estimate of drug-likeness (QED) is 0.727. The molecule has 0 aromatic rings. The van der Waals surface area contributed by atoms with Crippen LogP contribution >= 0.6 is 0 Å². The Hall–Kier alpha value is -0.860. The summed E-state index contributed by atoms with van der Waals surface area (Å²) < 4.78 is 0. The molecule has 1 amide bonds. The highest BCUT2D eigenvalue weighted by molar-refractivity contribution is 6.00. The molecule has 1 unspecified atom stereocenters. The first kappa shape index (κ1) is 12.8. The second-order valence-electron chi connectivity index (χ2n) is 8.01. The van der Waals surface area contributed by atoms with Crippen LogP contribution in [0.3, 0.4) is 0 Å². The van der Waals surface area contributed by atoms with E-state index in [1.165, 1.54) is 38.5 Å². The van der Waals surface area contributed by atoms with Gasteiger partial charge < -0.3 is 4.90 Å². The molecular weight excluding hydrogens is 250 g/mol. The van der Waals surface area contributed by atoms with Crippen LogP contribution in [-0.2, 0) is 9.59 Å². The topological polar surface area (TPSA) is 37.4 Å². The highest BCUT2D eigenvalue weighted by Gasteiger charge is 2.54. The van der Waals surface area contributed by atoms with Gasteiger partial charge in [0.15, 0.2) is 0 Å². The van der Waals surface area contributed by atoms with E-state index in [1.807, 2.05) is 0 Å². The Morgan fingerprint density at radius 3 is 2.10 bits per heavy atom. The predicted octanol–water partition coefficient (Wildman–Crippen LogP) is 2.78. The molecule has 4 saturated carbocycles. The zero-order chi connectivity index (χ0) is 13.9. The number of nitrogens with zero attached hydrogens (tertiary/aromatic N) is 1. The molecule has 3 heteroatoms. The van der Waals surface area contributed by atoms with Crippen LogP contribution < -0.4 is 0 Å². The Bertz CT molecular complexity index is 421. The molecule has 110 valence electrons. The number of piperidine rings is 1. The van der Waals surface area contributed by atoms with E-state index in [2.05, 4.69) is 11.8 Å². The maximum absolute atomic E-state index is 12.2. The molecule has 5 aliphatic rings. The summed E-state index contributed by atoms with van der Waals surface area (Å²) in [6, 6.07) is 0.344. The van der Waals surface area contributed by atoms with Crippen LogP contribution in [0.4, 0.5) is 0 Å². The van der Waals surface area contributed by atoms with Crippen molar-refractivity contribution in [3.05, 3.63) is 0 Å². The number of hydrogen-bond donors (Lipinski definition) is 0. The molecule has 1 saturated heterocycles. The van der Waals surface area contributed by atoms with Crippen LogP contribution in [0.1, 0.15) is 58.3 Å². The molecule has 0 aromatic heterocycles. The lowest BCUT2D eigenvalue weighted by Gasteiger charge is -2.60. The molecule has 0 radical (unpaired) electrons. The van der Waals surface area contributed by atoms with Gasteiger partial charge in [-0.15, -0.1) is 0 Å². The first-order valence-electron chi connectivity index (χ1n) is 8.37. The van der Waals surface area contributed by atoms with Crippen LogP contribution in [0, 0.1) is 23.2 Å². The molecule has 0 N–H and O–H groups in total. The summed E-state index contributed by atoms with van der Waals surface area (Å²) in [5.74, 6) is 2.98. The number of Topliss-reactive ketones (excluding diaryl/α,β-unsaturated/α-hetero) is 1. The van der Waals surface area contributed by atoms with Gasteiger partial charge >= 0.3 is 0 Å². The number of hydrogen-bond acceptors (Lipinski definition) is 2. The third-order valence-corrected chi connectivity index (χ3v) is 6.74. The highest BCUT2D eigenvalue weighted by Crippen LogP contribution is 2.62. The fourth-order valence-electron chi connectivity index (χ4n) is 6.16. The SMILES string of the molecule is CC(N1CCC(=O)CC1=O)C12CC3CC(CC(C3)C1)C2. The van der Waals surface area contributed by atoms with Gasteiger partial charge in [0.05, 0.1) is 6.42 Å². The highest BCUT2D eigenvalue weighted by atomic mass is 16.2. The van der Waals surface area contributed by atoms with Gasteiger partial charge in [-0.05, 0) is 68.6 Å². The van der Waals surface area contributed by atoms with Gasteiger partial charge in [0, 0.05) is 19.0 Å². The zero-order valence-electron chi connectivity index (χ0n) is 12.4. The van der Waals surface area contributed by atoms with E-state index in [0.29, 0.717) is 24.4 Å². The molecular formula is C17H25NO2. The van der Waals surface area contributed by atoms with E-state index in [4.69, 9.17) is 0 Å². The van der Waals surface area contributed by atoms with Gasteiger partial charge in [0.1, 0.15) is 5.78 Å². The van der Waals surface area contributed by atoms with E-state index in [9.17, 15) is 9.59 Å². The normalized spacial score (nSPS) is 45.0. The van der Waals surface area contributed by atoms with Crippen molar-refractivity contribution in [1.29, 1.82) is 0 Å². The Morgan fingerprint density at radius 2 is 1.60 bits per heavy atom. The average molecular weight is 275 g/mol. The van der Waals surface area contributed by atoms with Crippen LogP contribution in [0.2, 0.25) is 0 Å². The lowest BCUT2D eigenvalue weighted by molar-refractivity contribution is -0.151. The summed E-state index contributed by atoms with van der Waals surface area (Å²) in [7, 11) is 0. The smallest absolute Gasteiger partial charge is 0.230 e. The second-order valence-corrected chi connectivity index (χ2v) is 8.01. The lowest BCUT2D eigenvalue weighted by atomic mass is 9.47. The predicted molar refractivity (Wildman–Crippen MR) is 76.0 cm³/mol. The maximum atomic E-state index is 12.2. The Morgan fingerprint density at radius 1 is 1.05 bits per heavy atom. The summed E-state index contributed by atoms with van der Waals surface area (Å²) in [5, 5.41) is 0. The minimum atomic E-state index is 0.0875. The van der Waals surface area contributed by atoms with Crippen LogP contribution in [0.5, 0.6) is 0 Å². The standard InChI is InChI=1S/C17H25NO2/c1-11(18-3-2-15(19)7-16(18)20)17-8-12-4-13(9-17)6-14(5-12)10-17/h11-14H,2-10H2,1H3. The van der Waals surface area contributed by atoms with Crippen LogP contribution in [0.15, 0.2) is 0 Å². The average Bonchev–Trinajstić information content (AvgIpc) is 2.36. The Kier molecular flexibility index (Phi) is 2.77. The number of carbonyl (C=O) groups excluding carboxylic acids is 2. The van der Waals surface area contributed by atoms with E-state index in [0.717, 1.165) is 17.8 Å². The fourth-order valence-corrected chi connectivity index (χ4v) is 6.16. The van der Waals surface area contributed by atoms with Gasteiger partial charge in [-0.3, -0.25) is 9.59 Å². The van der Waals surface area contributed by atoms with Gasteiger partial charge in [0.25, 0.3) is 0 Å². The van der Waals surface area contributed by atoms with Crippen molar-refractivity contribution in [1.82, 2.24) is 4.90 Å². The van der Waals surface area contributed by atoms with Crippen molar-refractivity contribution in [2.75, 3.05) is 6.54 Å². The largest absolute Gasteiger partial charge is 0.339 e. The molecule has 0 spiro atoms. The molecule has 1 aliphatic heterocycles. The molecule has 5 fully saturated rings. The number of amides is 1. The van der Waals surface area contributed by atoms with Gasteiger partial charge in [0.2, 0.25) is 5.91 Å². The second kappa shape index (κ2) is 4.32. The van der Waals surface area contributed by atoms with E-state index < -0.39 is 0 Å². The molecule has 4 aliphatic carbocycles. The zero-order valence-corrected chi connectivity index (χ0v) is 12.4. The summed E-state index contributed by atoms with van der Waals surface area (Å²) in [4.78, 5) is 25.7. The maximum Gasteiger partial charge on any atom is 0.230 e. The molecule has 20 heavy (non-hydrogen) atoms. The van der Waals surface area contributed by atoms with Crippen LogP contribution in [0.25, 0.3) is 0 Å². The molecule has 0 aromatic carbocycles. The third kappa shape index (κ3) is 1.85. The summed E-state index contributed by atoms with van der Waals surface area (Å²) >= 11 is 0. The fraction of sp³-hybridized carbons (Fsp3) is 0.882. The minimum Gasteiger partial charge on any atom is -0.339 e. The van der Waals surface area contributed by atoms with E-state index >= 15 is 0 Å². The van der Waals surface area contributed by atoms with Crippen LogP contribution in [-0.4, -0.2) is 29.2 Å². The first-order valence-corrected chi connectivity index (χ1v) is 8.37. The van der Waals surface area contributed by atoms with Gasteiger partial charge in [-0.25, -0.2) is 0 Å².